The number of nitrogens with zero attached hydrogens (tertiary/aromatic N) is 2. The molecule has 0 bridgehead atoms. The lowest BCUT2D eigenvalue weighted by Gasteiger charge is -2.07. The molecule has 1 heterocycles. The van der Waals surface area contributed by atoms with Gasteiger partial charge in [0.2, 0.25) is 5.88 Å². The molecule has 0 radical (unpaired) electrons. The van der Waals surface area contributed by atoms with E-state index in [-0.39, 0.29) is 18.4 Å². The maximum absolute atomic E-state index is 8.42. The number of hydrogen-bond donors (Lipinski definition) is 1. The van der Waals surface area contributed by atoms with E-state index in [1.807, 2.05) is 12.1 Å². The molecular formula is C9H12ClN3O. The third-order valence-electron chi connectivity index (χ3n) is 1.71. The van der Waals surface area contributed by atoms with Crippen molar-refractivity contribution in [1.29, 1.82) is 5.26 Å². The molecule has 5 heteroatoms. The third-order valence-corrected chi connectivity index (χ3v) is 1.71. The van der Waals surface area contributed by atoms with Gasteiger partial charge in [-0.15, -0.1) is 12.4 Å². The van der Waals surface area contributed by atoms with E-state index in [4.69, 9.17) is 15.7 Å². The highest BCUT2D eigenvalue weighted by Crippen LogP contribution is 2.14. The Kier molecular flexibility index (Phi) is 5.61. The minimum atomic E-state index is -0.261. The monoisotopic (exact) mass is 213 g/mol. The summed E-state index contributed by atoms with van der Waals surface area (Å²) in [6.07, 6.45) is 1.93. The zero-order chi connectivity index (χ0) is 9.68. The highest BCUT2D eigenvalue weighted by molar-refractivity contribution is 5.85. The van der Waals surface area contributed by atoms with Gasteiger partial charge in [-0.25, -0.2) is 4.98 Å². The second-order valence-corrected chi connectivity index (χ2v) is 2.60. The summed E-state index contributed by atoms with van der Waals surface area (Å²) >= 11 is 0. The van der Waals surface area contributed by atoms with Gasteiger partial charge in [0.05, 0.1) is 19.6 Å². The molecular weight excluding hydrogens is 202 g/mol. The van der Waals surface area contributed by atoms with Gasteiger partial charge in [-0.2, -0.15) is 5.26 Å². The zero-order valence-electron chi connectivity index (χ0n) is 7.80. The van der Waals surface area contributed by atoms with Gasteiger partial charge in [0.25, 0.3) is 0 Å². The van der Waals surface area contributed by atoms with Gasteiger partial charge in [-0.1, -0.05) is 6.07 Å². The largest absolute Gasteiger partial charge is 0.481 e. The molecule has 1 aromatic heterocycles. The number of aromatic nitrogens is 1. The fourth-order valence-corrected chi connectivity index (χ4v) is 0.948. The Labute approximate surface area is 89.1 Å². The van der Waals surface area contributed by atoms with Gasteiger partial charge in [0, 0.05) is 18.3 Å². The molecule has 0 unspecified atom stereocenters. The molecule has 76 valence electrons. The number of ether oxygens (including phenoxy) is 1. The quantitative estimate of drug-likeness (QED) is 0.825. The van der Waals surface area contributed by atoms with Crippen LogP contribution < -0.4 is 10.5 Å². The SMILES string of the molecule is COc1ccc([C@H](N)CC#N)cn1.Cl. The summed E-state index contributed by atoms with van der Waals surface area (Å²) in [6, 6.07) is 5.29. The molecule has 14 heavy (non-hydrogen) atoms. The Bertz CT molecular complexity index is 307. The van der Waals surface area contributed by atoms with E-state index >= 15 is 0 Å². The average molecular weight is 214 g/mol. The van der Waals surface area contributed by atoms with Gasteiger partial charge in [-0.3, -0.25) is 0 Å². The molecule has 1 atom stereocenters. The first-order valence-corrected chi connectivity index (χ1v) is 3.90. The Balaban J connectivity index is 0.00000169. The van der Waals surface area contributed by atoms with Crippen LogP contribution in [0.5, 0.6) is 5.88 Å². The minimum absolute atomic E-state index is 0. The zero-order valence-corrected chi connectivity index (χ0v) is 8.62. The van der Waals surface area contributed by atoms with Crippen LogP contribution in [0.4, 0.5) is 0 Å². The van der Waals surface area contributed by atoms with Gasteiger partial charge < -0.3 is 10.5 Å². The van der Waals surface area contributed by atoms with Crippen LogP contribution in [-0.4, -0.2) is 12.1 Å². The molecule has 1 aromatic rings. The van der Waals surface area contributed by atoms with Crippen LogP contribution in [0.2, 0.25) is 0 Å². The van der Waals surface area contributed by atoms with Gasteiger partial charge >= 0.3 is 0 Å². The predicted octanol–water partition coefficient (Wildman–Crippen LogP) is 1.43. The maximum Gasteiger partial charge on any atom is 0.212 e. The molecule has 0 aliphatic carbocycles. The van der Waals surface area contributed by atoms with Crippen LogP contribution in [0, 0.1) is 11.3 Å². The van der Waals surface area contributed by atoms with Crippen molar-refractivity contribution in [3.63, 3.8) is 0 Å². The van der Waals surface area contributed by atoms with Crippen LogP contribution in [0.15, 0.2) is 18.3 Å². The predicted molar refractivity (Wildman–Crippen MR) is 55.2 cm³/mol. The second kappa shape index (κ2) is 6.19. The first-order valence-electron chi connectivity index (χ1n) is 3.90. The molecule has 0 saturated carbocycles. The van der Waals surface area contributed by atoms with Crippen LogP contribution in [0.25, 0.3) is 0 Å². The average Bonchev–Trinajstić information content (AvgIpc) is 2.18. The summed E-state index contributed by atoms with van der Waals surface area (Å²) in [5.74, 6) is 0.549. The molecule has 1 rings (SSSR count). The van der Waals surface area contributed by atoms with Crippen LogP contribution in [-0.2, 0) is 0 Å². The number of halogens is 1. The smallest absolute Gasteiger partial charge is 0.212 e. The minimum Gasteiger partial charge on any atom is -0.481 e. The van der Waals surface area contributed by atoms with Crippen molar-refractivity contribution >= 4 is 12.4 Å². The van der Waals surface area contributed by atoms with Gasteiger partial charge in [0.15, 0.2) is 0 Å². The van der Waals surface area contributed by atoms with Gasteiger partial charge in [-0.05, 0) is 5.56 Å². The number of hydrogen-bond acceptors (Lipinski definition) is 4. The number of pyridine rings is 1. The van der Waals surface area contributed by atoms with Gasteiger partial charge in [0.1, 0.15) is 0 Å². The highest BCUT2D eigenvalue weighted by Gasteiger charge is 2.05. The number of methoxy groups -OCH3 is 1. The lowest BCUT2D eigenvalue weighted by molar-refractivity contribution is 0.397. The van der Waals surface area contributed by atoms with Crippen molar-refractivity contribution in [2.75, 3.05) is 7.11 Å². The van der Waals surface area contributed by atoms with E-state index in [9.17, 15) is 0 Å². The summed E-state index contributed by atoms with van der Waals surface area (Å²) in [7, 11) is 1.55. The number of rotatable bonds is 3. The van der Waals surface area contributed by atoms with Crippen LogP contribution >= 0.6 is 12.4 Å². The van der Waals surface area contributed by atoms with E-state index < -0.39 is 0 Å². The number of nitriles is 1. The summed E-state index contributed by atoms with van der Waals surface area (Å²) in [5.41, 5.74) is 6.54. The third kappa shape index (κ3) is 3.21. The van der Waals surface area contributed by atoms with E-state index in [1.165, 1.54) is 0 Å². The molecule has 0 amide bonds. The van der Waals surface area contributed by atoms with Crippen molar-refractivity contribution in [3.05, 3.63) is 23.9 Å². The molecule has 0 saturated heterocycles. The summed E-state index contributed by atoms with van der Waals surface area (Å²) in [4.78, 5) is 3.99. The Hall–Kier alpha value is -1.31. The first kappa shape index (κ1) is 12.7. The fraction of sp³-hybridized carbons (Fsp3) is 0.333. The fourth-order valence-electron chi connectivity index (χ4n) is 0.948. The van der Waals surface area contributed by atoms with E-state index in [0.29, 0.717) is 12.3 Å². The molecule has 0 spiro atoms. The Morgan fingerprint density at radius 2 is 2.36 bits per heavy atom. The Morgan fingerprint density at radius 1 is 1.64 bits per heavy atom. The van der Waals surface area contributed by atoms with Crippen molar-refractivity contribution in [2.24, 2.45) is 5.73 Å². The molecule has 4 nitrogen and oxygen atoms in total. The number of nitrogens with two attached hydrogens (primary N) is 1. The topological polar surface area (TPSA) is 71.9 Å². The normalized spacial score (nSPS) is 10.9. The Morgan fingerprint density at radius 3 is 2.79 bits per heavy atom. The summed E-state index contributed by atoms with van der Waals surface area (Å²) in [6.45, 7) is 0. The summed E-state index contributed by atoms with van der Waals surface area (Å²) < 4.78 is 4.89. The molecule has 0 aliphatic rings. The van der Waals surface area contributed by atoms with Crippen molar-refractivity contribution in [3.8, 4) is 11.9 Å². The van der Waals surface area contributed by atoms with E-state index in [2.05, 4.69) is 4.98 Å². The lowest BCUT2D eigenvalue weighted by atomic mass is 10.1. The molecule has 0 aliphatic heterocycles. The van der Waals surface area contributed by atoms with Crippen LogP contribution in [0.3, 0.4) is 0 Å². The highest BCUT2D eigenvalue weighted by atomic mass is 35.5. The van der Waals surface area contributed by atoms with Crippen LogP contribution in [0.1, 0.15) is 18.0 Å². The van der Waals surface area contributed by atoms with Crippen molar-refractivity contribution < 1.29 is 4.74 Å². The first-order chi connectivity index (χ1) is 6.27. The van der Waals surface area contributed by atoms with E-state index in [0.717, 1.165) is 5.56 Å². The standard InChI is InChI=1S/C9H11N3O.ClH/c1-13-9-3-2-7(6-12-9)8(11)4-5-10;/h2-3,6,8H,4,11H2,1H3;1H/t8-;/m1./s1. The molecule has 0 fully saturated rings. The molecule has 0 aromatic carbocycles. The van der Waals surface area contributed by atoms with E-state index in [1.54, 1.807) is 19.4 Å². The maximum atomic E-state index is 8.42. The van der Waals surface area contributed by atoms with Crippen molar-refractivity contribution in [1.82, 2.24) is 4.98 Å². The van der Waals surface area contributed by atoms with Crippen molar-refractivity contribution in [2.45, 2.75) is 12.5 Å². The molecule has 2 N–H and O–H groups in total. The summed E-state index contributed by atoms with van der Waals surface area (Å²) in [5, 5.41) is 8.42. The lowest BCUT2D eigenvalue weighted by Crippen LogP contribution is -2.09. The second-order valence-electron chi connectivity index (χ2n) is 2.60.